The maximum atomic E-state index is 10.4. The first-order valence-electron chi connectivity index (χ1n) is 3.11. The summed E-state index contributed by atoms with van der Waals surface area (Å²) in [6, 6.07) is -2.09. The first-order chi connectivity index (χ1) is 6.45. The van der Waals surface area contributed by atoms with Crippen molar-refractivity contribution in [2.45, 2.75) is 6.04 Å². The van der Waals surface area contributed by atoms with Crippen molar-refractivity contribution < 1.29 is 19.7 Å². The van der Waals surface area contributed by atoms with Crippen molar-refractivity contribution in [2.24, 2.45) is 10.2 Å². The molecule has 0 bridgehead atoms. The van der Waals surface area contributed by atoms with E-state index in [2.05, 4.69) is 10.2 Å². The van der Waals surface area contributed by atoms with Crippen LogP contribution < -0.4 is 0 Å². The summed E-state index contributed by atoms with van der Waals surface area (Å²) in [6.07, 6.45) is 0. The van der Waals surface area contributed by atoms with Crippen molar-refractivity contribution in [3.63, 3.8) is 0 Å². The van der Waals surface area contributed by atoms with Crippen molar-refractivity contribution in [3.8, 4) is 0 Å². The number of hydrogen-bond acceptors (Lipinski definition) is 7. The number of aliphatic carboxylic acids is 1. The van der Waals surface area contributed by atoms with E-state index in [0.29, 0.717) is 0 Å². The van der Waals surface area contributed by atoms with Gasteiger partial charge in [-0.3, -0.25) is 10.1 Å². The Labute approximate surface area is 74.9 Å². The van der Waals surface area contributed by atoms with Crippen LogP contribution in [0.5, 0.6) is 0 Å². The molecule has 0 saturated carbocycles. The molecule has 0 fully saturated rings. The van der Waals surface area contributed by atoms with Crippen molar-refractivity contribution in [1.82, 2.24) is 0 Å². The van der Waals surface area contributed by atoms with Crippen LogP contribution in [-0.2, 0) is 4.79 Å². The molecule has 14 heavy (non-hydrogen) atoms. The second-order valence-corrected chi connectivity index (χ2v) is 2.19. The molecule has 0 unspecified atom stereocenters. The van der Waals surface area contributed by atoms with Crippen LogP contribution >= 0.6 is 0 Å². The molecule has 0 aromatic rings. The lowest BCUT2D eigenvalue weighted by Crippen LogP contribution is -2.41. The zero-order chi connectivity index (χ0) is 10.9. The third-order valence-corrected chi connectivity index (χ3v) is 1.38. The van der Waals surface area contributed by atoms with E-state index in [1.165, 1.54) is 0 Å². The van der Waals surface area contributed by atoms with Gasteiger partial charge < -0.3 is 15.2 Å². The fourth-order valence-corrected chi connectivity index (χ4v) is 0.827. The van der Waals surface area contributed by atoms with Gasteiger partial charge in [-0.15, -0.1) is 0 Å². The molecule has 1 atom stereocenters. The average Bonchev–Trinajstić information content (AvgIpc) is 2.46. The van der Waals surface area contributed by atoms with E-state index in [0.717, 1.165) is 0 Å². The Hall–Kier alpha value is -2.39. The van der Waals surface area contributed by atoms with Gasteiger partial charge in [-0.05, 0) is 10.0 Å². The van der Waals surface area contributed by atoms with Gasteiger partial charge in [0.1, 0.15) is 0 Å². The minimum Gasteiger partial charge on any atom is -0.476 e. The third-order valence-electron chi connectivity index (χ3n) is 1.38. The largest absolute Gasteiger partial charge is 0.476 e. The quantitative estimate of drug-likeness (QED) is 0.437. The van der Waals surface area contributed by atoms with Crippen molar-refractivity contribution >= 4 is 17.5 Å². The van der Waals surface area contributed by atoms with Crippen LogP contribution in [0, 0.1) is 20.2 Å². The monoisotopic (exact) mass is 202 g/mol. The van der Waals surface area contributed by atoms with Crippen LogP contribution in [0.1, 0.15) is 0 Å². The second kappa shape index (κ2) is 3.16. The van der Waals surface area contributed by atoms with E-state index < -0.39 is 33.4 Å². The van der Waals surface area contributed by atoms with Gasteiger partial charge in [0.25, 0.3) is 5.71 Å². The highest BCUT2D eigenvalue weighted by Crippen LogP contribution is 2.08. The molecule has 1 aliphatic rings. The Morgan fingerprint density at radius 2 is 1.93 bits per heavy atom. The molecule has 0 aliphatic carbocycles. The molecular weight excluding hydrogens is 200 g/mol. The maximum absolute atomic E-state index is 10.4. The summed E-state index contributed by atoms with van der Waals surface area (Å²) in [7, 11) is 0. The fourth-order valence-electron chi connectivity index (χ4n) is 0.827. The number of hydrogen-bond donors (Lipinski definition) is 1. The van der Waals surface area contributed by atoms with Crippen LogP contribution in [0.2, 0.25) is 0 Å². The molecule has 0 aromatic carbocycles. The Morgan fingerprint density at radius 1 is 1.36 bits per heavy atom. The van der Waals surface area contributed by atoms with Gasteiger partial charge in [0.2, 0.25) is 0 Å². The third kappa shape index (κ3) is 1.39. The summed E-state index contributed by atoms with van der Waals surface area (Å²) in [5.41, 5.74) is -0.957. The molecule has 0 spiro atoms. The van der Waals surface area contributed by atoms with Crippen molar-refractivity contribution in [1.29, 1.82) is 0 Å². The summed E-state index contributed by atoms with van der Waals surface area (Å²) < 4.78 is 0. The number of nitrogens with zero attached hydrogens (tertiary/aromatic N) is 4. The van der Waals surface area contributed by atoms with Gasteiger partial charge in [0.15, 0.2) is 0 Å². The van der Waals surface area contributed by atoms with Gasteiger partial charge in [0.05, 0.1) is 5.10 Å². The van der Waals surface area contributed by atoms with Gasteiger partial charge in [-0.1, -0.05) is 0 Å². The first kappa shape index (κ1) is 9.70. The minimum atomic E-state index is -2.09. The van der Waals surface area contributed by atoms with Gasteiger partial charge >= 0.3 is 17.8 Å². The highest BCUT2D eigenvalue weighted by Gasteiger charge is 2.51. The molecule has 1 N–H and O–H groups in total. The fraction of sp³-hybridized carbons (Fsp3) is 0.250. The van der Waals surface area contributed by atoms with Crippen LogP contribution in [0.4, 0.5) is 0 Å². The normalized spacial score (nSPS) is 19.9. The Balaban J connectivity index is 3.07. The molecule has 1 heterocycles. The predicted octanol–water partition coefficient (Wildman–Crippen LogP) is -1.24. The Kier molecular flexibility index (Phi) is 2.19. The molecule has 0 aromatic heterocycles. The minimum absolute atomic E-state index is 0.957. The van der Waals surface area contributed by atoms with Gasteiger partial charge in [0, 0.05) is 4.92 Å². The SMILES string of the molecule is O=C(O)C1=NN=C([N+](=O)[O-])[C@@H]1[N+](=O)[O-]. The summed E-state index contributed by atoms with van der Waals surface area (Å²) in [5.74, 6) is -2.79. The number of rotatable bonds is 2. The van der Waals surface area contributed by atoms with Crippen LogP contribution in [-0.4, -0.2) is 38.5 Å². The molecule has 0 radical (unpaired) electrons. The number of nitro groups is 2. The number of carboxylic acids is 1. The van der Waals surface area contributed by atoms with Crippen LogP contribution in [0.15, 0.2) is 10.2 Å². The van der Waals surface area contributed by atoms with E-state index in [9.17, 15) is 25.0 Å². The predicted molar refractivity (Wildman–Crippen MR) is 40.3 cm³/mol. The summed E-state index contributed by atoms with van der Waals surface area (Å²) in [6.45, 7) is 0. The van der Waals surface area contributed by atoms with E-state index in [1.807, 2.05) is 0 Å². The molecule has 10 heteroatoms. The maximum Gasteiger partial charge on any atom is 0.447 e. The van der Waals surface area contributed by atoms with E-state index >= 15 is 0 Å². The number of carboxylic acid groups (broad SMARTS) is 1. The molecule has 1 aliphatic heterocycles. The van der Waals surface area contributed by atoms with Gasteiger partial charge in [-0.2, -0.15) is 0 Å². The topological polar surface area (TPSA) is 148 Å². The zero-order valence-corrected chi connectivity index (χ0v) is 6.35. The van der Waals surface area contributed by atoms with Crippen LogP contribution in [0.25, 0.3) is 0 Å². The molecule has 1 rings (SSSR count). The van der Waals surface area contributed by atoms with Crippen molar-refractivity contribution in [3.05, 3.63) is 20.2 Å². The molecule has 74 valence electrons. The van der Waals surface area contributed by atoms with Gasteiger partial charge in [-0.25, -0.2) is 4.79 Å². The number of amidine groups is 1. The smallest absolute Gasteiger partial charge is 0.447 e. The summed E-state index contributed by atoms with van der Waals surface area (Å²) >= 11 is 0. The highest BCUT2D eigenvalue weighted by molar-refractivity contribution is 6.42. The molecular formula is C4H2N4O6. The van der Waals surface area contributed by atoms with E-state index in [-0.39, 0.29) is 0 Å². The lowest BCUT2D eigenvalue weighted by Gasteiger charge is -1.98. The molecule has 10 nitrogen and oxygen atoms in total. The first-order valence-corrected chi connectivity index (χ1v) is 3.11. The lowest BCUT2D eigenvalue weighted by atomic mass is 10.2. The standard InChI is InChI=1S/C4H2N4O6/c9-4(10)1-2(7(11)12)3(6-5-1)8(13)14/h2H,(H,9,10)/t2-/m1/s1. The second-order valence-electron chi connectivity index (χ2n) is 2.19. The zero-order valence-electron chi connectivity index (χ0n) is 6.35. The molecule has 0 saturated heterocycles. The molecule has 0 amide bonds. The summed E-state index contributed by atoms with van der Waals surface area (Å²) in [4.78, 5) is 28.6. The van der Waals surface area contributed by atoms with Crippen molar-refractivity contribution in [2.75, 3.05) is 0 Å². The van der Waals surface area contributed by atoms with E-state index in [1.54, 1.807) is 0 Å². The Morgan fingerprint density at radius 3 is 2.29 bits per heavy atom. The lowest BCUT2D eigenvalue weighted by molar-refractivity contribution is -0.502. The average molecular weight is 202 g/mol. The Bertz CT molecular complexity index is 353. The highest BCUT2D eigenvalue weighted by atomic mass is 16.6. The number of carbonyl (C=O) groups is 1. The van der Waals surface area contributed by atoms with Crippen LogP contribution in [0.3, 0.4) is 0 Å². The van der Waals surface area contributed by atoms with E-state index in [4.69, 9.17) is 5.11 Å². The summed E-state index contributed by atoms with van der Waals surface area (Å²) in [5, 5.41) is 34.6.